The van der Waals surface area contributed by atoms with Gasteiger partial charge in [-0.25, -0.2) is 4.79 Å². The van der Waals surface area contributed by atoms with E-state index in [1.807, 2.05) is 6.92 Å². The van der Waals surface area contributed by atoms with E-state index in [1.54, 1.807) is 4.90 Å². The number of carbonyl (C=O) groups is 2. The molecule has 0 aromatic rings. The Morgan fingerprint density at radius 1 is 1.39 bits per heavy atom. The highest BCUT2D eigenvalue weighted by molar-refractivity contribution is 5.77. The minimum Gasteiger partial charge on any atom is -0.481 e. The lowest BCUT2D eigenvalue weighted by molar-refractivity contribution is -0.142. The van der Waals surface area contributed by atoms with Gasteiger partial charge in [-0.15, -0.1) is 0 Å². The first-order chi connectivity index (χ1) is 8.60. The van der Waals surface area contributed by atoms with E-state index in [4.69, 9.17) is 9.84 Å². The average molecular weight is 258 g/mol. The molecule has 18 heavy (non-hydrogen) atoms. The summed E-state index contributed by atoms with van der Waals surface area (Å²) in [5, 5.41) is 11.7. The second-order valence-corrected chi connectivity index (χ2v) is 4.47. The molecule has 0 bridgehead atoms. The molecule has 0 spiro atoms. The molecule has 1 aliphatic heterocycles. The summed E-state index contributed by atoms with van der Waals surface area (Å²) >= 11 is 0. The number of rotatable bonds is 6. The highest BCUT2D eigenvalue weighted by Crippen LogP contribution is 2.14. The lowest BCUT2D eigenvalue weighted by Gasteiger charge is -2.24. The van der Waals surface area contributed by atoms with Gasteiger partial charge in [0.1, 0.15) is 5.92 Å². The molecule has 6 nitrogen and oxygen atoms in total. The zero-order valence-corrected chi connectivity index (χ0v) is 11.0. The van der Waals surface area contributed by atoms with Gasteiger partial charge in [-0.2, -0.15) is 0 Å². The standard InChI is InChI=1S/C12H22N2O4/c1-3-5-6-14(4-2)12(17)13-10-8-18-7-9(10)11(15)16/h9-10H,3-8H2,1-2H3,(H,13,17)(H,15,16). The maximum absolute atomic E-state index is 12.0. The van der Waals surface area contributed by atoms with E-state index in [9.17, 15) is 9.59 Å². The van der Waals surface area contributed by atoms with Crippen molar-refractivity contribution in [2.45, 2.75) is 32.7 Å². The third-order valence-corrected chi connectivity index (χ3v) is 3.16. The minimum absolute atomic E-state index is 0.168. The number of unbranched alkanes of at least 4 members (excludes halogenated alkanes) is 1. The SMILES string of the molecule is CCCCN(CC)C(=O)NC1COCC1C(=O)O. The molecule has 1 saturated heterocycles. The monoisotopic (exact) mass is 258 g/mol. The lowest BCUT2D eigenvalue weighted by Crippen LogP contribution is -2.49. The first kappa shape index (κ1) is 14.8. The molecular weight excluding hydrogens is 236 g/mol. The van der Waals surface area contributed by atoms with Crippen molar-refractivity contribution in [3.05, 3.63) is 0 Å². The molecule has 2 amide bonds. The topological polar surface area (TPSA) is 78.9 Å². The first-order valence-electron chi connectivity index (χ1n) is 6.46. The summed E-state index contributed by atoms with van der Waals surface area (Å²) in [7, 11) is 0. The van der Waals surface area contributed by atoms with E-state index in [-0.39, 0.29) is 19.2 Å². The molecule has 1 rings (SSSR count). The Morgan fingerprint density at radius 3 is 2.67 bits per heavy atom. The van der Waals surface area contributed by atoms with Gasteiger partial charge in [0.15, 0.2) is 0 Å². The van der Waals surface area contributed by atoms with Crippen LogP contribution in [0.2, 0.25) is 0 Å². The van der Waals surface area contributed by atoms with Crippen LogP contribution in [0.5, 0.6) is 0 Å². The maximum atomic E-state index is 12.0. The van der Waals surface area contributed by atoms with Crippen molar-refractivity contribution < 1.29 is 19.4 Å². The number of carboxylic acid groups (broad SMARTS) is 1. The lowest BCUT2D eigenvalue weighted by atomic mass is 10.0. The number of hydrogen-bond donors (Lipinski definition) is 2. The maximum Gasteiger partial charge on any atom is 0.317 e. The van der Waals surface area contributed by atoms with Gasteiger partial charge < -0.3 is 20.1 Å². The van der Waals surface area contributed by atoms with Gasteiger partial charge in [-0.3, -0.25) is 4.79 Å². The van der Waals surface area contributed by atoms with Crippen molar-refractivity contribution in [3.8, 4) is 0 Å². The highest BCUT2D eigenvalue weighted by atomic mass is 16.5. The molecule has 6 heteroatoms. The number of carboxylic acids is 1. The molecule has 2 unspecified atom stereocenters. The molecule has 0 radical (unpaired) electrons. The van der Waals surface area contributed by atoms with Crippen LogP contribution in [0.25, 0.3) is 0 Å². The van der Waals surface area contributed by atoms with Crippen LogP contribution in [-0.4, -0.2) is 54.4 Å². The van der Waals surface area contributed by atoms with Gasteiger partial charge in [0.2, 0.25) is 0 Å². The summed E-state index contributed by atoms with van der Waals surface area (Å²) in [4.78, 5) is 24.6. The molecule has 0 aromatic carbocycles. The van der Waals surface area contributed by atoms with Crippen molar-refractivity contribution in [1.29, 1.82) is 0 Å². The number of ether oxygens (including phenoxy) is 1. The molecule has 2 atom stereocenters. The van der Waals surface area contributed by atoms with E-state index >= 15 is 0 Å². The minimum atomic E-state index is -0.922. The Labute approximate surface area is 107 Å². The molecule has 2 N–H and O–H groups in total. The fourth-order valence-corrected chi connectivity index (χ4v) is 1.94. The van der Waals surface area contributed by atoms with Crippen LogP contribution in [0.1, 0.15) is 26.7 Å². The summed E-state index contributed by atoms with van der Waals surface area (Å²) in [5.74, 6) is -1.56. The zero-order chi connectivity index (χ0) is 13.5. The third-order valence-electron chi connectivity index (χ3n) is 3.16. The molecule has 1 heterocycles. The third kappa shape index (κ3) is 3.87. The van der Waals surface area contributed by atoms with Gasteiger partial charge in [-0.05, 0) is 13.3 Å². The molecule has 0 saturated carbocycles. The predicted octanol–water partition coefficient (Wildman–Crippen LogP) is 0.918. The van der Waals surface area contributed by atoms with Crippen molar-refractivity contribution >= 4 is 12.0 Å². The highest BCUT2D eigenvalue weighted by Gasteiger charge is 2.35. The Balaban J connectivity index is 2.49. The largest absolute Gasteiger partial charge is 0.481 e. The fourth-order valence-electron chi connectivity index (χ4n) is 1.94. The number of aliphatic carboxylic acids is 1. The molecule has 1 aliphatic rings. The van der Waals surface area contributed by atoms with Gasteiger partial charge in [0.05, 0.1) is 19.3 Å². The van der Waals surface area contributed by atoms with Gasteiger partial charge in [0.25, 0.3) is 0 Å². The molecule has 104 valence electrons. The zero-order valence-electron chi connectivity index (χ0n) is 11.0. The predicted molar refractivity (Wildman–Crippen MR) is 66.4 cm³/mol. The second kappa shape index (κ2) is 7.20. The summed E-state index contributed by atoms with van der Waals surface area (Å²) < 4.78 is 5.11. The normalized spacial score (nSPS) is 22.8. The van der Waals surface area contributed by atoms with Crippen LogP contribution < -0.4 is 5.32 Å². The fraction of sp³-hybridized carbons (Fsp3) is 0.833. The molecule has 1 fully saturated rings. The van der Waals surface area contributed by atoms with Crippen LogP contribution in [0.3, 0.4) is 0 Å². The van der Waals surface area contributed by atoms with Gasteiger partial charge in [0, 0.05) is 13.1 Å². The van der Waals surface area contributed by atoms with E-state index in [0.29, 0.717) is 13.1 Å². The average Bonchev–Trinajstić information content (AvgIpc) is 2.78. The number of carbonyl (C=O) groups excluding carboxylic acids is 1. The van der Waals surface area contributed by atoms with Crippen molar-refractivity contribution in [2.75, 3.05) is 26.3 Å². The van der Waals surface area contributed by atoms with Crippen LogP contribution in [-0.2, 0) is 9.53 Å². The van der Waals surface area contributed by atoms with Gasteiger partial charge in [-0.1, -0.05) is 13.3 Å². The second-order valence-electron chi connectivity index (χ2n) is 4.47. The van der Waals surface area contributed by atoms with Crippen LogP contribution in [0.15, 0.2) is 0 Å². The Bertz CT molecular complexity index is 296. The molecule has 0 aliphatic carbocycles. The molecule has 0 aromatic heterocycles. The number of urea groups is 1. The summed E-state index contributed by atoms with van der Waals surface area (Å²) in [6.07, 6.45) is 1.97. The van der Waals surface area contributed by atoms with E-state index < -0.39 is 17.9 Å². The smallest absolute Gasteiger partial charge is 0.317 e. The number of nitrogens with one attached hydrogen (secondary N) is 1. The van der Waals surface area contributed by atoms with Crippen LogP contribution in [0, 0.1) is 5.92 Å². The quantitative estimate of drug-likeness (QED) is 0.742. The van der Waals surface area contributed by atoms with E-state index in [1.165, 1.54) is 0 Å². The van der Waals surface area contributed by atoms with E-state index in [0.717, 1.165) is 12.8 Å². The van der Waals surface area contributed by atoms with Crippen molar-refractivity contribution in [2.24, 2.45) is 5.92 Å². The first-order valence-corrected chi connectivity index (χ1v) is 6.46. The van der Waals surface area contributed by atoms with Gasteiger partial charge >= 0.3 is 12.0 Å². The van der Waals surface area contributed by atoms with Crippen molar-refractivity contribution in [3.63, 3.8) is 0 Å². The number of nitrogens with zero attached hydrogens (tertiary/aromatic N) is 1. The Kier molecular flexibility index (Phi) is 5.91. The van der Waals surface area contributed by atoms with Crippen molar-refractivity contribution in [1.82, 2.24) is 10.2 Å². The van der Waals surface area contributed by atoms with Crippen LogP contribution in [0.4, 0.5) is 4.79 Å². The molecular formula is C12H22N2O4. The Morgan fingerprint density at radius 2 is 2.11 bits per heavy atom. The Hall–Kier alpha value is -1.30. The van der Waals surface area contributed by atoms with E-state index in [2.05, 4.69) is 12.2 Å². The summed E-state index contributed by atoms with van der Waals surface area (Å²) in [6, 6.07) is -0.627. The number of amides is 2. The summed E-state index contributed by atoms with van der Waals surface area (Å²) in [5.41, 5.74) is 0. The van der Waals surface area contributed by atoms with Crippen LogP contribution >= 0.6 is 0 Å². The number of hydrogen-bond acceptors (Lipinski definition) is 3. The summed E-state index contributed by atoms with van der Waals surface area (Å²) in [6.45, 7) is 5.74.